The molecule has 11 heteroatoms. The lowest BCUT2D eigenvalue weighted by molar-refractivity contribution is 0.390. The second-order valence-electron chi connectivity index (χ2n) is 7.01. The van der Waals surface area contributed by atoms with Crippen LogP contribution in [0.5, 0.6) is 5.75 Å². The summed E-state index contributed by atoms with van der Waals surface area (Å²) in [6.45, 7) is 0.894. The first-order valence-electron chi connectivity index (χ1n) is 10.0. The minimum Gasteiger partial charge on any atom is -0.497 e. The Kier molecular flexibility index (Phi) is 8.86. The average Bonchev–Trinajstić information content (AvgIpc) is 3.50. The van der Waals surface area contributed by atoms with Crippen LogP contribution in [0.15, 0.2) is 67.7 Å². The van der Waals surface area contributed by atoms with Gasteiger partial charge in [0, 0.05) is 19.6 Å². The fraction of sp³-hybridized carbons (Fsp3) is 0.333. The van der Waals surface area contributed by atoms with Crippen molar-refractivity contribution in [1.82, 2.24) is 9.03 Å². The van der Waals surface area contributed by atoms with Crippen LogP contribution in [-0.2, 0) is 26.6 Å². The number of hydrogen-bond acceptors (Lipinski definition) is 7. The van der Waals surface area contributed by atoms with Crippen molar-refractivity contribution in [2.45, 2.75) is 34.2 Å². The molecular weight excluding hydrogens is 489 g/mol. The molecule has 0 aliphatic heterocycles. The predicted octanol–water partition coefficient (Wildman–Crippen LogP) is 4.16. The fourth-order valence-corrected chi connectivity index (χ4v) is 7.80. The molecule has 0 amide bonds. The molecule has 0 saturated carbocycles. The van der Waals surface area contributed by atoms with Gasteiger partial charge in [0.05, 0.1) is 7.11 Å². The van der Waals surface area contributed by atoms with E-state index < -0.39 is 20.0 Å². The number of ether oxygens (including phenoxy) is 1. The van der Waals surface area contributed by atoms with Gasteiger partial charge in [-0.1, -0.05) is 30.7 Å². The fourth-order valence-electron chi connectivity index (χ4n) is 3.08. The van der Waals surface area contributed by atoms with Crippen LogP contribution in [0.4, 0.5) is 0 Å². The van der Waals surface area contributed by atoms with Crippen molar-refractivity contribution in [1.29, 1.82) is 0 Å². The molecule has 0 atom stereocenters. The Labute approximate surface area is 197 Å². The van der Waals surface area contributed by atoms with E-state index in [2.05, 4.69) is 4.72 Å². The van der Waals surface area contributed by atoms with Crippen molar-refractivity contribution in [3.05, 3.63) is 64.9 Å². The Morgan fingerprint density at radius 2 is 1.62 bits per heavy atom. The number of rotatable bonds is 13. The molecule has 0 aliphatic rings. The quantitative estimate of drug-likeness (QED) is 0.346. The van der Waals surface area contributed by atoms with Gasteiger partial charge >= 0.3 is 0 Å². The second-order valence-corrected chi connectivity index (χ2v) is 13.1. The molecule has 0 fully saturated rings. The molecule has 3 aromatic rings. The Bertz CT molecular complexity index is 1170. The predicted molar refractivity (Wildman–Crippen MR) is 128 cm³/mol. The molecule has 2 heterocycles. The summed E-state index contributed by atoms with van der Waals surface area (Å²) in [6, 6.07) is 14.0. The van der Waals surface area contributed by atoms with Crippen LogP contribution in [0.3, 0.4) is 0 Å². The van der Waals surface area contributed by atoms with E-state index in [1.807, 2.05) is 24.3 Å². The summed E-state index contributed by atoms with van der Waals surface area (Å²) < 4.78 is 60.5. The van der Waals surface area contributed by atoms with E-state index in [9.17, 15) is 16.8 Å². The van der Waals surface area contributed by atoms with E-state index in [-0.39, 0.29) is 6.54 Å². The summed E-state index contributed by atoms with van der Waals surface area (Å²) in [5.41, 5.74) is 0.841. The SMILES string of the molecule is COc1cccc(CN(CCCCCNS(=O)(=O)c2cccs2)S(=O)(=O)c2cccs2)c1. The van der Waals surface area contributed by atoms with Gasteiger partial charge in [0.2, 0.25) is 10.0 Å². The van der Waals surface area contributed by atoms with Gasteiger partial charge in [-0.2, -0.15) is 4.31 Å². The third kappa shape index (κ3) is 6.63. The summed E-state index contributed by atoms with van der Waals surface area (Å²) in [5, 5.41) is 3.47. The zero-order valence-corrected chi connectivity index (χ0v) is 20.9. The number of thiophene rings is 2. The van der Waals surface area contributed by atoms with E-state index in [0.29, 0.717) is 46.5 Å². The molecule has 3 rings (SSSR count). The molecule has 0 bridgehead atoms. The van der Waals surface area contributed by atoms with Crippen LogP contribution >= 0.6 is 22.7 Å². The van der Waals surface area contributed by atoms with Gasteiger partial charge < -0.3 is 4.74 Å². The highest BCUT2D eigenvalue weighted by Crippen LogP contribution is 2.24. The molecular formula is C21H26N2O5S4. The van der Waals surface area contributed by atoms with Gasteiger partial charge in [0.25, 0.3) is 10.0 Å². The highest BCUT2D eigenvalue weighted by molar-refractivity contribution is 7.91. The summed E-state index contributed by atoms with van der Waals surface area (Å²) >= 11 is 2.37. The Balaban J connectivity index is 1.58. The molecule has 7 nitrogen and oxygen atoms in total. The molecule has 1 N–H and O–H groups in total. The molecule has 0 spiro atoms. The lowest BCUT2D eigenvalue weighted by Crippen LogP contribution is -2.31. The van der Waals surface area contributed by atoms with E-state index in [4.69, 9.17) is 4.74 Å². The number of sulfonamides is 2. The molecule has 32 heavy (non-hydrogen) atoms. The molecule has 0 unspecified atom stereocenters. The molecule has 0 saturated heterocycles. The van der Waals surface area contributed by atoms with Crippen LogP contribution in [0, 0.1) is 0 Å². The molecule has 174 valence electrons. The summed E-state index contributed by atoms with van der Waals surface area (Å²) in [6.07, 6.45) is 1.94. The number of nitrogens with zero attached hydrogens (tertiary/aromatic N) is 1. The lowest BCUT2D eigenvalue weighted by atomic mass is 10.2. The Morgan fingerprint density at radius 1 is 0.906 bits per heavy atom. The molecule has 1 aromatic carbocycles. The van der Waals surface area contributed by atoms with Gasteiger partial charge in [-0.05, 0) is 53.4 Å². The van der Waals surface area contributed by atoms with Crippen molar-refractivity contribution in [2.24, 2.45) is 0 Å². The van der Waals surface area contributed by atoms with Crippen molar-refractivity contribution < 1.29 is 21.6 Å². The molecule has 0 radical (unpaired) electrons. The van der Waals surface area contributed by atoms with Gasteiger partial charge in [-0.3, -0.25) is 0 Å². The minimum atomic E-state index is -3.62. The van der Waals surface area contributed by atoms with E-state index in [0.717, 1.165) is 5.56 Å². The summed E-state index contributed by atoms with van der Waals surface area (Å²) in [4.78, 5) is 0. The van der Waals surface area contributed by atoms with Crippen LogP contribution < -0.4 is 9.46 Å². The lowest BCUT2D eigenvalue weighted by Gasteiger charge is -2.22. The molecule has 0 aliphatic carbocycles. The number of nitrogens with one attached hydrogen (secondary N) is 1. The minimum absolute atomic E-state index is 0.239. The summed E-state index contributed by atoms with van der Waals surface area (Å²) in [5.74, 6) is 0.675. The normalized spacial score (nSPS) is 12.3. The average molecular weight is 515 g/mol. The maximum absolute atomic E-state index is 13.1. The molecule has 2 aromatic heterocycles. The van der Waals surface area contributed by atoms with Gasteiger partial charge in [0.1, 0.15) is 14.2 Å². The summed E-state index contributed by atoms with van der Waals surface area (Å²) in [7, 11) is -5.51. The third-order valence-electron chi connectivity index (χ3n) is 4.72. The Morgan fingerprint density at radius 3 is 2.28 bits per heavy atom. The maximum Gasteiger partial charge on any atom is 0.252 e. The van der Waals surface area contributed by atoms with Gasteiger partial charge in [0.15, 0.2) is 0 Å². The van der Waals surface area contributed by atoms with Crippen LogP contribution in [-0.4, -0.2) is 41.3 Å². The van der Waals surface area contributed by atoms with Gasteiger partial charge in [-0.15, -0.1) is 22.7 Å². The first-order chi connectivity index (χ1) is 15.3. The zero-order valence-electron chi connectivity index (χ0n) is 17.6. The first kappa shape index (κ1) is 24.9. The van der Waals surface area contributed by atoms with Crippen molar-refractivity contribution in [2.75, 3.05) is 20.2 Å². The maximum atomic E-state index is 13.1. The van der Waals surface area contributed by atoms with Crippen LogP contribution in [0.1, 0.15) is 24.8 Å². The number of methoxy groups -OCH3 is 1. The van der Waals surface area contributed by atoms with Crippen molar-refractivity contribution in [3.8, 4) is 5.75 Å². The zero-order chi connectivity index (χ0) is 23.0. The standard InChI is InChI=1S/C21H26N2O5S4/c1-28-19-9-5-8-18(16-19)17-23(32(26,27)21-11-7-15-30-21)13-4-2-3-12-22-31(24,25)20-10-6-14-29-20/h5-11,14-16,22H,2-4,12-13,17H2,1H3. The highest BCUT2D eigenvalue weighted by Gasteiger charge is 2.25. The number of hydrogen-bond donors (Lipinski definition) is 1. The third-order valence-corrected chi connectivity index (χ3v) is 10.8. The second kappa shape index (κ2) is 11.4. The van der Waals surface area contributed by atoms with E-state index in [1.54, 1.807) is 42.1 Å². The monoisotopic (exact) mass is 514 g/mol. The van der Waals surface area contributed by atoms with E-state index in [1.165, 1.54) is 27.0 Å². The Hall–Kier alpha value is -1.76. The van der Waals surface area contributed by atoms with Crippen LogP contribution in [0.25, 0.3) is 0 Å². The largest absolute Gasteiger partial charge is 0.497 e. The first-order valence-corrected chi connectivity index (χ1v) is 14.7. The van der Waals surface area contributed by atoms with E-state index >= 15 is 0 Å². The van der Waals surface area contributed by atoms with Crippen LogP contribution in [0.2, 0.25) is 0 Å². The number of benzene rings is 1. The van der Waals surface area contributed by atoms with Crippen molar-refractivity contribution in [3.63, 3.8) is 0 Å². The highest BCUT2D eigenvalue weighted by atomic mass is 32.3. The number of unbranched alkanes of at least 4 members (excludes halogenated alkanes) is 2. The smallest absolute Gasteiger partial charge is 0.252 e. The van der Waals surface area contributed by atoms with Gasteiger partial charge in [-0.25, -0.2) is 21.6 Å². The van der Waals surface area contributed by atoms with Crippen molar-refractivity contribution >= 4 is 42.7 Å². The topological polar surface area (TPSA) is 92.8 Å².